The first-order chi connectivity index (χ1) is 8.02. The molecule has 1 aromatic carbocycles. The number of carbonyl (C=O) groups is 2. The van der Waals surface area contributed by atoms with Crippen LogP contribution in [0.3, 0.4) is 0 Å². The van der Waals surface area contributed by atoms with E-state index in [9.17, 15) is 9.59 Å². The SMILES string of the molecule is CC(=O)N[C@@H](Cc1ccc(C#N)cc1)C(=O)O. The molecule has 5 heteroatoms. The molecule has 0 saturated heterocycles. The number of nitriles is 1. The average Bonchev–Trinajstić information content (AvgIpc) is 2.28. The molecule has 0 aliphatic rings. The maximum atomic E-state index is 10.9. The lowest BCUT2D eigenvalue weighted by Gasteiger charge is -2.13. The molecule has 1 rings (SSSR count). The summed E-state index contributed by atoms with van der Waals surface area (Å²) in [6.07, 6.45) is 0.195. The van der Waals surface area contributed by atoms with Crippen LogP contribution in [0.15, 0.2) is 24.3 Å². The Labute approximate surface area is 98.7 Å². The summed E-state index contributed by atoms with van der Waals surface area (Å²) in [6, 6.07) is 7.61. The van der Waals surface area contributed by atoms with Crippen LogP contribution in [0.5, 0.6) is 0 Å². The van der Waals surface area contributed by atoms with Crippen LogP contribution in [0, 0.1) is 11.3 Å². The highest BCUT2D eigenvalue weighted by atomic mass is 16.4. The first-order valence-corrected chi connectivity index (χ1v) is 5.02. The summed E-state index contributed by atoms with van der Waals surface area (Å²) in [4.78, 5) is 21.7. The van der Waals surface area contributed by atoms with Crippen molar-refractivity contribution >= 4 is 11.9 Å². The summed E-state index contributed by atoms with van der Waals surface area (Å²) >= 11 is 0. The summed E-state index contributed by atoms with van der Waals surface area (Å²) < 4.78 is 0. The van der Waals surface area contributed by atoms with Crippen LogP contribution in [0.1, 0.15) is 18.1 Å². The van der Waals surface area contributed by atoms with Crippen LogP contribution in [-0.2, 0) is 16.0 Å². The van der Waals surface area contributed by atoms with E-state index >= 15 is 0 Å². The Hall–Kier alpha value is -2.35. The molecule has 0 radical (unpaired) electrons. The van der Waals surface area contributed by atoms with Crippen molar-refractivity contribution < 1.29 is 14.7 Å². The van der Waals surface area contributed by atoms with Gasteiger partial charge < -0.3 is 10.4 Å². The Morgan fingerprint density at radius 2 is 2.00 bits per heavy atom. The lowest BCUT2D eigenvalue weighted by atomic mass is 10.0. The summed E-state index contributed by atoms with van der Waals surface area (Å²) in [5, 5.41) is 19.9. The van der Waals surface area contributed by atoms with Crippen LogP contribution >= 0.6 is 0 Å². The third-order valence-electron chi connectivity index (χ3n) is 2.20. The van der Waals surface area contributed by atoms with Crippen LogP contribution in [0.4, 0.5) is 0 Å². The van der Waals surface area contributed by atoms with Gasteiger partial charge in [-0.2, -0.15) is 5.26 Å². The van der Waals surface area contributed by atoms with Crippen molar-refractivity contribution in [1.29, 1.82) is 5.26 Å². The normalized spacial score (nSPS) is 11.3. The quantitative estimate of drug-likeness (QED) is 0.799. The number of benzene rings is 1. The number of nitrogens with zero attached hydrogens (tertiary/aromatic N) is 1. The molecular weight excluding hydrogens is 220 g/mol. The number of hydrogen-bond acceptors (Lipinski definition) is 3. The molecule has 5 nitrogen and oxygen atoms in total. The summed E-state index contributed by atoms with van der Waals surface area (Å²) in [7, 11) is 0. The molecule has 2 N–H and O–H groups in total. The molecule has 0 aliphatic carbocycles. The minimum absolute atomic E-state index is 0.195. The smallest absolute Gasteiger partial charge is 0.326 e. The van der Waals surface area contributed by atoms with Gasteiger partial charge >= 0.3 is 5.97 Å². The van der Waals surface area contributed by atoms with Gasteiger partial charge in [-0.25, -0.2) is 4.79 Å². The second-order valence-electron chi connectivity index (χ2n) is 3.60. The molecule has 1 atom stereocenters. The van der Waals surface area contributed by atoms with Crippen molar-refractivity contribution in [3.05, 3.63) is 35.4 Å². The van der Waals surface area contributed by atoms with E-state index in [1.165, 1.54) is 6.92 Å². The molecule has 0 bridgehead atoms. The van der Waals surface area contributed by atoms with Crippen molar-refractivity contribution in [1.82, 2.24) is 5.32 Å². The zero-order valence-electron chi connectivity index (χ0n) is 9.30. The van der Waals surface area contributed by atoms with E-state index in [-0.39, 0.29) is 12.3 Å². The van der Waals surface area contributed by atoms with E-state index in [2.05, 4.69) is 5.32 Å². The maximum absolute atomic E-state index is 10.9. The molecule has 0 fully saturated rings. The first kappa shape index (κ1) is 12.7. The highest BCUT2D eigenvalue weighted by Gasteiger charge is 2.18. The highest BCUT2D eigenvalue weighted by molar-refractivity contribution is 5.82. The third-order valence-corrected chi connectivity index (χ3v) is 2.20. The Bertz CT molecular complexity index is 460. The second kappa shape index (κ2) is 5.66. The van der Waals surface area contributed by atoms with Gasteiger partial charge in [-0.1, -0.05) is 12.1 Å². The van der Waals surface area contributed by atoms with Gasteiger partial charge in [0.25, 0.3) is 0 Å². The largest absolute Gasteiger partial charge is 0.480 e. The van der Waals surface area contributed by atoms with E-state index in [0.29, 0.717) is 5.56 Å². The van der Waals surface area contributed by atoms with Gasteiger partial charge in [-0.15, -0.1) is 0 Å². The molecule has 0 aromatic heterocycles. The molecule has 0 aliphatic heterocycles. The lowest BCUT2D eigenvalue weighted by Crippen LogP contribution is -2.41. The van der Waals surface area contributed by atoms with Crippen LogP contribution in [0.25, 0.3) is 0 Å². The first-order valence-electron chi connectivity index (χ1n) is 5.02. The molecule has 88 valence electrons. The maximum Gasteiger partial charge on any atom is 0.326 e. The number of nitrogens with one attached hydrogen (secondary N) is 1. The Balaban J connectivity index is 2.75. The van der Waals surface area contributed by atoms with Gasteiger partial charge in [-0.05, 0) is 17.7 Å². The number of carboxylic acid groups (broad SMARTS) is 1. The number of carboxylic acids is 1. The molecule has 0 unspecified atom stereocenters. The Kier molecular flexibility index (Phi) is 4.23. The lowest BCUT2D eigenvalue weighted by molar-refractivity contribution is -0.141. The van der Waals surface area contributed by atoms with Crippen molar-refractivity contribution in [3.8, 4) is 6.07 Å². The number of carbonyl (C=O) groups excluding carboxylic acids is 1. The van der Waals surface area contributed by atoms with Crippen LogP contribution < -0.4 is 5.32 Å². The number of hydrogen-bond donors (Lipinski definition) is 2. The zero-order valence-corrected chi connectivity index (χ0v) is 9.30. The van der Waals surface area contributed by atoms with Gasteiger partial charge in [0.1, 0.15) is 6.04 Å². The highest BCUT2D eigenvalue weighted by Crippen LogP contribution is 2.06. The predicted octanol–water partition coefficient (Wildman–Crippen LogP) is 0.690. The van der Waals surface area contributed by atoms with Gasteiger partial charge in [0, 0.05) is 13.3 Å². The summed E-state index contributed by atoms with van der Waals surface area (Å²) in [6.45, 7) is 1.27. The Morgan fingerprint density at radius 1 is 1.41 bits per heavy atom. The second-order valence-corrected chi connectivity index (χ2v) is 3.60. The topological polar surface area (TPSA) is 90.2 Å². The zero-order chi connectivity index (χ0) is 12.8. The van der Waals surface area contributed by atoms with Crippen molar-refractivity contribution in [2.45, 2.75) is 19.4 Å². The third kappa shape index (κ3) is 3.95. The molecule has 1 aromatic rings. The summed E-state index contributed by atoms with van der Waals surface area (Å²) in [5.41, 5.74) is 1.27. The number of amides is 1. The van der Waals surface area contributed by atoms with E-state index in [1.54, 1.807) is 24.3 Å². The fourth-order valence-corrected chi connectivity index (χ4v) is 1.40. The molecular formula is C12H12N2O3. The van der Waals surface area contributed by atoms with Gasteiger partial charge in [0.15, 0.2) is 0 Å². The van der Waals surface area contributed by atoms with Gasteiger partial charge in [0.05, 0.1) is 11.6 Å². The van der Waals surface area contributed by atoms with Gasteiger partial charge in [0.2, 0.25) is 5.91 Å². The number of aliphatic carboxylic acids is 1. The standard InChI is InChI=1S/C12H12N2O3/c1-8(15)14-11(12(16)17)6-9-2-4-10(7-13)5-3-9/h2-5,11H,6H2,1H3,(H,14,15)(H,16,17)/t11-/m0/s1. The number of rotatable bonds is 4. The van der Waals surface area contributed by atoms with E-state index < -0.39 is 12.0 Å². The molecule has 17 heavy (non-hydrogen) atoms. The van der Waals surface area contributed by atoms with Crippen LogP contribution in [0.2, 0.25) is 0 Å². The van der Waals surface area contributed by atoms with E-state index in [1.807, 2.05) is 6.07 Å². The summed E-state index contributed by atoms with van der Waals surface area (Å²) in [5.74, 6) is -1.46. The van der Waals surface area contributed by atoms with Crippen molar-refractivity contribution in [2.24, 2.45) is 0 Å². The average molecular weight is 232 g/mol. The molecule has 0 saturated carbocycles. The monoisotopic (exact) mass is 232 g/mol. The van der Waals surface area contributed by atoms with Gasteiger partial charge in [-0.3, -0.25) is 4.79 Å². The minimum Gasteiger partial charge on any atom is -0.480 e. The van der Waals surface area contributed by atoms with Crippen molar-refractivity contribution in [3.63, 3.8) is 0 Å². The van der Waals surface area contributed by atoms with E-state index in [4.69, 9.17) is 10.4 Å². The van der Waals surface area contributed by atoms with Crippen LogP contribution in [-0.4, -0.2) is 23.0 Å². The minimum atomic E-state index is -1.08. The molecule has 0 heterocycles. The Morgan fingerprint density at radius 3 is 2.41 bits per heavy atom. The molecule has 0 spiro atoms. The molecule has 1 amide bonds. The van der Waals surface area contributed by atoms with Crippen molar-refractivity contribution in [2.75, 3.05) is 0 Å². The predicted molar refractivity (Wildman–Crippen MR) is 60.1 cm³/mol. The fourth-order valence-electron chi connectivity index (χ4n) is 1.40. The van der Waals surface area contributed by atoms with E-state index in [0.717, 1.165) is 5.56 Å². The fraction of sp³-hybridized carbons (Fsp3) is 0.250.